The van der Waals surface area contributed by atoms with Crippen LogP contribution in [0.5, 0.6) is 0 Å². The molecule has 0 amide bonds. The third-order valence-electron chi connectivity index (χ3n) is 2.01. The first-order valence-electron chi connectivity index (χ1n) is 3.61. The molecule has 0 aliphatic rings. The van der Waals surface area contributed by atoms with Gasteiger partial charge in [-0.25, -0.2) is 0 Å². The minimum Gasteiger partial charge on any atom is -0.294 e. The van der Waals surface area contributed by atoms with Gasteiger partial charge in [0.25, 0.3) is 0 Å². The number of hydrogen-bond acceptors (Lipinski definition) is 2. The topological polar surface area (TPSA) is 17.1 Å². The lowest BCUT2D eigenvalue weighted by Crippen LogP contribution is -1.89. The predicted molar refractivity (Wildman–Crippen MR) is 48.5 cm³/mol. The second-order valence-electron chi connectivity index (χ2n) is 2.79. The van der Waals surface area contributed by atoms with Gasteiger partial charge in [-0.1, -0.05) is 0 Å². The summed E-state index contributed by atoms with van der Waals surface area (Å²) in [7, 11) is 0. The number of ketones is 1. The van der Waals surface area contributed by atoms with Crippen molar-refractivity contribution in [2.24, 2.45) is 0 Å². The molecule has 0 fully saturated rings. The van der Waals surface area contributed by atoms with Crippen LogP contribution >= 0.6 is 11.3 Å². The van der Waals surface area contributed by atoms with Gasteiger partial charge in [-0.05, 0) is 38.8 Å². The zero-order valence-electron chi connectivity index (χ0n) is 7.32. The van der Waals surface area contributed by atoms with Gasteiger partial charge in [-0.2, -0.15) is 0 Å². The fraction of sp³-hybridized carbons (Fsp3) is 0.444. The molecule has 0 atom stereocenters. The van der Waals surface area contributed by atoms with Gasteiger partial charge in [0.05, 0.1) is 4.88 Å². The fourth-order valence-corrected chi connectivity index (χ4v) is 2.14. The van der Waals surface area contributed by atoms with Gasteiger partial charge in [0.1, 0.15) is 0 Å². The highest BCUT2D eigenvalue weighted by Crippen LogP contribution is 2.26. The number of hydrogen-bond donors (Lipinski definition) is 0. The summed E-state index contributed by atoms with van der Waals surface area (Å²) >= 11 is 1.60. The van der Waals surface area contributed by atoms with Crippen LogP contribution < -0.4 is 0 Å². The molecule has 0 saturated carbocycles. The Morgan fingerprint density at radius 1 is 1.18 bits per heavy atom. The highest BCUT2D eigenvalue weighted by molar-refractivity contribution is 7.14. The van der Waals surface area contributed by atoms with E-state index in [1.54, 1.807) is 18.3 Å². The van der Waals surface area contributed by atoms with Crippen molar-refractivity contribution in [3.63, 3.8) is 0 Å². The van der Waals surface area contributed by atoms with Crippen molar-refractivity contribution >= 4 is 17.1 Å². The van der Waals surface area contributed by atoms with E-state index >= 15 is 0 Å². The van der Waals surface area contributed by atoms with Gasteiger partial charge in [-0.15, -0.1) is 11.3 Å². The number of thiophene rings is 1. The Kier molecular flexibility index (Phi) is 2.14. The normalized spacial score (nSPS) is 10.2. The summed E-state index contributed by atoms with van der Waals surface area (Å²) in [5, 5.41) is 0. The van der Waals surface area contributed by atoms with Crippen LogP contribution in [0.3, 0.4) is 0 Å². The average Bonchev–Trinajstić information content (AvgIpc) is 2.17. The number of Topliss-reactive ketones (excluding diaryl/α,β-unsaturated/α-hetero) is 1. The fourth-order valence-electron chi connectivity index (χ4n) is 1.08. The van der Waals surface area contributed by atoms with Crippen LogP contribution in [-0.4, -0.2) is 5.78 Å². The zero-order chi connectivity index (χ0) is 8.59. The zero-order valence-corrected chi connectivity index (χ0v) is 8.13. The van der Waals surface area contributed by atoms with E-state index < -0.39 is 0 Å². The third-order valence-corrected chi connectivity index (χ3v) is 3.42. The smallest absolute Gasteiger partial charge is 0.169 e. The van der Waals surface area contributed by atoms with Crippen molar-refractivity contribution in [3.8, 4) is 0 Å². The molecule has 0 aliphatic carbocycles. The van der Waals surface area contributed by atoms with Crippen LogP contribution in [0.2, 0.25) is 0 Å². The molecule has 1 nitrogen and oxygen atoms in total. The van der Waals surface area contributed by atoms with Crippen molar-refractivity contribution in [2.75, 3.05) is 0 Å². The van der Waals surface area contributed by atoms with E-state index in [0.29, 0.717) is 0 Å². The minimum atomic E-state index is 0.184. The molecule has 0 unspecified atom stereocenters. The highest BCUT2D eigenvalue weighted by atomic mass is 32.1. The number of rotatable bonds is 1. The predicted octanol–water partition coefficient (Wildman–Crippen LogP) is 2.88. The van der Waals surface area contributed by atoms with Gasteiger partial charge in [0.15, 0.2) is 5.78 Å². The van der Waals surface area contributed by atoms with E-state index in [-0.39, 0.29) is 5.78 Å². The molecule has 1 rings (SSSR count). The summed E-state index contributed by atoms with van der Waals surface area (Å²) in [5.74, 6) is 0.184. The van der Waals surface area contributed by atoms with Crippen molar-refractivity contribution in [1.29, 1.82) is 0 Å². The molecule has 60 valence electrons. The molecule has 0 aliphatic heterocycles. The van der Waals surface area contributed by atoms with E-state index in [0.717, 1.165) is 10.4 Å². The maximum atomic E-state index is 11.0. The Bertz CT molecular complexity index is 297. The Hall–Kier alpha value is -0.630. The molecule has 0 aromatic carbocycles. The Morgan fingerprint density at radius 3 is 1.91 bits per heavy atom. The highest BCUT2D eigenvalue weighted by Gasteiger charge is 2.10. The summed E-state index contributed by atoms with van der Waals surface area (Å²) in [4.78, 5) is 13.2. The summed E-state index contributed by atoms with van der Waals surface area (Å²) in [6.07, 6.45) is 0. The van der Waals surface area contributed by atoms with Crippen LogP contribution in [0.25, 0.3) is 0 Å². The van der Waals surface area contributed by atoms with E-state index in [4.69, 9.17) is 0 Å². The summed E-state index contributed by atoms with van der Waals surface area (Å²) in [6.45, 7) is 7.75. The molecule has 0 N–H and O–H groups in total. The molecule has 2 heteroatoms. The monoisotopic (exact) mass is 168 g/mol. The van der Waals surface area contributed by atoms with Crippen LogP contribution in [0.15, 0.2) is 0 Å². The molecule has 0 spiro atoms. The van der Waals surface area contributed by atoms with Gasteiger partial charge < -0.3 is 0 Å². The lowest BCUT2D eigenvalue weighted by Gasteiger charge is -1.91. The van der Waals surface area contributed by atoms with Gasteiger partial charge in [0, 0.05) is 4.88 Å². The van der Waals surface area contributed by atoms with Crippen molar-refractivity contribution in [3.05, 3.63) is 20.9 Å². The molecular weight excluding hydrogens is 156 g/mol. The van der Waals surface area contributed by atoms with Crippen LogP contribution in [0, 0.1) is 20.8 Å². The maximum Gasteiger partial charge on any atom is 0.169 e. The summed E-state index contributed by atoms with van der Waals surface area (Å²) < 4.78 is 0. The van der Waals surface area contributed by atoms with Gasteiger partial charge in [0.2, 0.25) is 0 Å². The Morgan fingerprint density at radius 2 is 1.73 bits per heavy atom. The van der Waals surface area contributed by atoms with Crippen LogP contribution in [0.4, 0.5) is 0 Å². The summed E-state index contributed by atoms with van der Waals surface area (Å²) in [6, 6.07) is 0. The first kappa shape index (κ1) is 8.47. The lowest BCUT2D eigenvalue weighted by molar-refractivity contribution is 0.102. The van der Waals surface area contributed by atoms with Gasteiger partial charge in [-0.3, -0.25) is 4.79 Å². The SMILES string of the molecule is CC(=O)c1sc(C)c(C)c1C. The molecule has 0 radical (unpaired) electrons. The summed E-state index contributed by atoms with van der Waals surface area (Å²) in [5.41, 5.74) is 2.42. The molecule has 11 heavy (non-hydrogen) atoms. The molecular formula is C9H12OS. The van der Waals surface area contributed by atoms with Crippen molar-refractivity contribution in [1.82, 2.24) is 0 Å². The van der Waals surface area contributed by atoms with Crippen molar-refractivity contribution < 1.29 is 4.79 Å². The second-order valence-corrected chi connectivity index (χ2v) is 4.02. The van der Waals surface area contributed by atoms with E-state index in [2.05, 4.69) is 13.8 Å². The minimum absolute atomic E-state index is 0.184. The molecule has 1 aromatic heterocycles. The largest absolute Gasteiger partial charge is 0.294 e. The van der Waals surface area contributed by atoms with Crippen molar-refractivity contribution in [2.45, 2.75) is 27.7 Å². The lowest BCUT2D eigenvalue weighted by atomic mass is 10.1. The average molecular weight is 168 g/mol. The standard InChI is InChI=1S/C9H12OS/c1-5-6(2)9(7(3)10)11-8(5)4/h1-4H3. The van der Waals surface area contributed by atoms with Gasteiger partial charge >= 0.3 is 0 Å². The number of carbonyl (C=O) groups is 1. The van der Waals surface area contributed by atoms with Crippen LogP contribution in [0.1, 0.15) is 32.6 Å². The number of carbonyl (C=O) groups excluding carboxylic acids is 1. The van der Waals surface area contributed by atoms with Crippen LogP contribution in [-0.2, 0) is 0 Å². The molecule has 1 heterocycles. The maximum absolute atomic E-state index is 11.0. The third kappa shape index (κ3) is 1.36. The quantitative estimate of drug-likeness (QED) is 0.589. The Balaban J connectivity index is 3.29. The first-order chi connectivity index (χ1) is 5.04. The Labute approximate surface area is 71.1 Å². The first-order valence-corrected chi connectivity index (χ1v) is 4.43. The van der Waals surface area contributed by atoms with E-state index in [1.807, 2.05) is 6.92 Å². The molecule has 1 aromatic rings. The molecule has 0 saturated heterocycles. The van der Waals surface area contributed by atoms with E-state index in [9.17, 15) is 4.79 Å². The van der Waals surface area contributed by atoms with E-state index in [1.165, 1.54) is 10.4 Å². The molecule has 0 bridgehead atoms. The number of aryl methyl sites for hydroxylation is 1. The second kappa shape index (κ2) is 2.78.